The van der Waals surface area contributed by atoms with Crippen LogP contribution < -0.4 is 5.32 Å². The van der Waals surface area contributed by atoms with E-state index in [1.54, 1.807) is 0 Å². The molecule has 0 amide bonds. The molecule has 6 nitrogen and oxygen atoms in total. The molecule has 2 heterocycles. The number of carboxylic acids is 1. The lowest BCUT2D eigenvalue weighted by Gasteiger charge is -2.29. The Hall–Kier alpha value is -2.91. The molecule has 4 rings (SSSR count). The first-order valence-electron chi connectivity index (χ1n) is 10.0. The van der Waals surface area contributed by atoms with Crippen LogP contribution in [-0.2, 0) is 17.8 Å². The summed E-state index contributed by atoms with van der Waals surface area (Å²) in [6.07, 6.45) is -2.03. The van der Waals surface area contributed by atoms with Gasteiger partial charge in [-0.25, -0.2) is 4.79 Å². The average Bonchev–Trinajstić information content (AvgIpc) is 3.22. The van der Waals surface area contributed by atoms with Crippen LogP contribution in [0.2, 0.25) is 0 Å². The van der Waals surface area contributed by atoms with Gasteiger partial charge in [-0.2, -0.15) is 18.3 Å². The van der Waals surface area contributed by atoms with Crippen molar-refractivity contribution < 1.29 is 23.1 Å². The summed E-state index contributed by atoms with van der Waals surface area (Å²) in [6.45, 7) is 6.53. The van der Waals surface area contributed by atoms with E-state index in [0.717, 1.165) is 31.7 Å². The Labute approximate surface area is 178 Å². The van der Waals surface area contributed by atoms with E-state index in [1.807, 2.05) is 6.20 Å². The van der Waals surface area contributed by atoms with Gasteiger partial charge in [0, 0.05) is 37.6 Å². The maximum atomic E-state index is 10.6. The molecule has 0 fully saturated rings. The lowest BCUT2D eigenvalue weighted by Crippen LogP contribution is -2.36. The average molecular weight is 434 g/mol. The highest BCUT2D eigenvalue weighted by Gasteiger charge is 2.38. The van der Waals surface area contributed by atoms with Crippen molar-refractivity contribution in [1.29, 1.82) is 0 Å². The number of hydrogen-bond acceptors (Lipinski definition) is 4. The van der Waals surface area contributed by atoms with Crippen LogP contribution in [0.4, 0.5) is 13.2 Å². The maximum absolute atomic E-state index is 10.6. The van der Waals surface area contributed by atoms with Crippen molar-refractivity contribution in [2.45, 2.75) is 32.1 Å². The molecule has 1 unspecified atom stereocenters. The molecule has 0 bridgehead atoms. The number of aliphatic carboxylic acids is 1. The van der Waals surface area contributed by atoms with Crippen molar-refractivity contribution in [3.8, 4) is 0 Å². The number of aromatic amines is 1. The fourth-order valence-electron chi connectivity index (χ4n) is 3.65. The van der Waals surface area contributed by atoms with E-state index in [-0.39, 0.29) is 0 Å². The predicted octanol–water partition coefficient (Wildman–Crippen LogP) is 3.91. The quantitative estimate of drug-likeness (QED) is 0.568. The van der Waals surface area contributed by atoms with Crippen LogP contribution in [0.5, 0.6) is 0 Å². The number of alkyl halides is 3. The molecule has 31 heavy (non-hydrogen) atoms. The summed E-state index contributed by atoms with van der Waals surface area (Å²) in [4.78, 5) is 11.4. The van der Waals surface area contributed by atoms with Crippen LogP contribution in [0.3, 0.4) is 0 Å². The monoisotopic (exact) mass is 434 g/mol. The molecule has 3 aromatic rings. The molecule has 0 saturated heterocycles. The molecular formula is C22H25F3N4O2. The Morgan fingerprint density at radius 3 is 2.65 bits per heavy atom. The van der Waals surface area contributed by atoms with Gasteiger partial charge in [-0.05, 0) is 30.0 Å². The molecule has 1 aromatic heterocycles. The zero-order chi connectivity index (χ0) is 22.4. The highest BCUT2D eigenvalue weighted by molar-refractivity contribution is 5.81. The lowest BCUT2D eigenvalue weighted by atomic mass is 10.00. The van der Waals surface area contributed by atoms with Crippen LogP contribution in [0.15, 0.2) is 48.7 Å². The zero-order valence-electron chi connectivity index (χ0n) is 17.1. The van der Waals surface area contributed by atoms with Crippen molar-refractivity contribution in [3.05, 3.63) is 65.4 Å². The number of nitrogens with one attached hydrogen (secondary N) is 2. The van der Waals surface area contributed by atoms with Crippen LogP contribution in [0.25, 0.3) is 10.9 Å². The Balaban J connectivity index is 0.000000339. The summed E-state index contributed by atoms with van der Waals surface area (Å²) < 4.78 is 31.7. The van der Waals surface area contributed by atoms with Crippen LogP contribution >= 0.6 is 0 Å². The largest absolute Gasteiger partial charge is 0.490 e. The van der Waals surface area contributed by atoms with Gasteiger partial charge in [-0.1, -0.05) is 42.5 Å². The van der Waals surface area contributed by atoms with Crippen LogP contribution in [-0.4, -0.2) is 52.0 Å². The number of rotatable bonds is 5. The molecule has 166 valence electrons. The van der Waals surface area contributed by atoms with Gasteiger partial charge in [0.05, 0.1) is 11.7 Å². The minimum absolute atomic E-state index is 0.311. The third-order valence-electron chi connectivity index (χ3n) is 5.31. The Bertz CT molecular complexity index is 1020. The van der Waals surface area contributed by atoms with E-state index in [2.05, 4.69) is 69.8 Å². The number of carbonyl (C=O) groups is 1. The third kappa shape index (κ3) is 6.05. The lowest BCUT2D eigenvalue weighted by molar-refractivity contribution is -0.192. The molecule has 1 aliphatic heterocycles. The summed E-state index contributed by atoms with van der Waals surface area (Å²) in [5.74, 6) is -2.76. The van der Waals surface area contributed by atoms with Crippen molar-refractivity contribution in [2.24, 2.45) is 0 Å². The normalized spacial score (nSPS) is 15.1. The molecule has 3 N–H and O–H groups in total. The van der Waals surface area contributed by atoms with Crippen molar-refractivity contribution in [1.82, 2.24) is 20.4 Å². The third-order valence-corrected chi connectivity index (χ3v) is 5.31. The summed E-state index contributed by atoms with van der Waals surface area (Å²) in [6, 6.07) is 15.5. The van der Waals surface area contributed by atoms with Gasteiger partial charge >= 0.3 is 12.1 Å². The van der Waals surface area contributed by atoms with Gasteiger partial charge < -0.3 is 10.4 Å². The van der Waals surface area contributed by atoms with Crippen LogP contribution in [0.1, 0.15) is 29.7 Å². The summed E-state index contributed by atoms with van der Waals surface area (Å²) in [5.41, 5.74) is 5.43. The molecule has 0 aliphatic carbocycles. The van der Waals surface area contributed by atoms with E-state index >= 15 is 0 Å². The summed E-state index contributed by atoms with van der Waals surface area (Å²) in [5, 5.41) is 19.2. The minimum atomic E-state index is -5.08. The molecular weight excluding hydrogens is 409 g/mol. The predicted molar refractivity (Wildman–Crippen MR) is 112 cm³/mol. The van der Waals surface area contributed by atoms with Gasteiger partial charge in [-0.3, -0.25) is 10.00 Å². The molecule has 0 saturated carbocycles. The molecule has 0 spiro atoms. The number of aromatic nitrogens is 2. The SMILES string of the molecule is CC(NCCN1CCc2ccccc2C1)c1cccc2cn[nH]c12.O=C(O)C(F)(F)F. The van der Waals surface area contributed by atoms with Gasteiger partial charge in [0.15, 0.2) is 0 Å². The number of carboxylic acid groups (broad SMARTS) is 1. The Morgan fingerprint density at radius 1 is 1.23 bits per heavy atom. The Morgan fingerprint density at radius 2 is 1.94 bits per heavy atom. The van der Waals surface area contributed by atoms with Crippen LogP contribution in [0, 0.1) is 0 Å². The number of para-hydroxylation sites is 1. The number of hydrogen-bond donors (Lipinski definition) is 3. The second kappa shape index (κ2) is 9.93. The number of halogens is 3. The minimum Gasteiger partial charge on any atom is -0.475 e. The number of H-pyrrole nitrogens is 1. The first kappa shape index (κ1) is 22.8. The molecule has 1 atom stereocenters. The van der Waals surface area contributed by atoms with Crippen molar-refractivity contribution >= 4 is 16.9 Å². The first-order valence-corrected chi connectivity index (χ1v) is 10.0. The van der Waals surface area contributed by atoms with E-state index in [4.69, 9.17) is 9.90 Å². The van der Waals surface area contributed by atoms with Crippen molar-refractivity contribution in [3.63, 3.8) is 0 Å². The van der Waals surface area contributed by atoms with Gasteiger partial charge in [0.25, 0.3) is 0 Å². The topological polar surface area (TPSA) is 81.2 Å². The van der Waals surface area contributed by atoms with E-state index in [9.17, 15) is 13.2 Å². The number of nitrogens with zero attached hydrogens (tertiary/aromatic N) is 2. The standard InChI is InChI=1S/C20H24N4.C2HF3O2/c1-15(19-8-4-7-17-13-22-23-20(17)19)21-10-12-24-11-9-16-5-2-3-6-18(16)14-24;3-2(4,5)1(6)7/h2-8,13,15,21H,9-12,14H2,1H3,(H,22,23);(H,6,7). The first-order chi connectivity index (χ1) is 14.8. The van der Waals surface area contributed by atoms with Gasteiger partial charge in [0.2, 0.25) is 0 Å². The summed E-state index contributed by atoms with van der Waals surface area (Å²) in [7, 11) is 0. The van der Waals surface area contributed by atoms with Crippen molar-refractivity contribution in [2.75, 3.05) is 19.6 Å². The van der Waals surface area contributed by atoms with E-state index in [1.165, 1.54) is 28.5 Å². The zero-order valence-corrected chi connectivity index (χ0v) is 17.1. The molecule has 9 heteroatoms. The van der Waals surface area contributed by atoms with Gasteiger partial charge in [0.1, 0.15) is 0 Å². The number of benzene rings is 2. The number of fused-ring (bicyclic) bond motifs is 2. The Kier molecular flexibility index (Phi) is 7.29. The van der Waals surface area contributed by atoms with E-state index < -0.39 is 12.1 Å². The highest BCUT2D eigenvalue weighted by atomic mass is 19.4. The molecule has 2 aromatic carbocycles. The van der Waals surface area contributed by atoms with Gasteiger partial charge in [-0.15, -0.1) is 0 Å². The smallest absolute Gasteiger partial charge is 0.475 e. The summed E-state index contributed by atoms with van der Waals surface area (Å²) >= 11 is 0. The highest BCUT2D eigenvalue weighted by Crippen LogP contribution is 2.22. The molecule has 1 aliphatic rings. The maximum Gasteiger partial charge on any atom is 0.490 e. The second-order valence-corrected chi connectivity index (χ2v) is 7.46. The second-order valence-electron chi connectivity index (χ2n) is 7.46. The fraction of sp³-hybridized carbons (Fsp3) is 0.364. The molecule has 0 radical (unpaired) electrons. The van der Waals surface area contributed by atoms with E-state index in [0.29, 0.717) is 6.04 Å². The fourth-order valence-corrected chi connectivity index (χ4v) is 3.65.